The van der Waals surface area contributed by atoms with Crippen LogP contribution in [0.5, 0.6) is 0 Å². The predicted octanol–water partition coefficient (Wildman–Crippen LogP) is 7.00. The summed E-state index contributed by atoms with van der Waals surface area (Å²) < 4.78 is 19.6. The zero-order chi connectivity index (χ0) is 30.1. The van der Waals surface area contributed by atoms with Gasteiger partial charge in [0.1, 0.15) is 11.6 Å². The molecule has 1 aliphatic heterocycles. The van der Waals surface area contributed by atoms with Crippen LogP contribution < -0.4 is 4.90 Å². The van der Waals surface area contributed by atoms with Gasteiger partial charge < -0.3 is 9.84 Å². The largest absolute Gasteiger partial charge is 0.507 e. The van der Waals surface area contributed by atoms with Gasteiger partial charge in [-0.15, -0.1) is 10.2 Å². The lowest BCUT2D eigenvalue weighted by atomic mass is 9.94. The lowest BCUT2D eigenvalue weighted by molar-refractivity contribution is -0.132. The van der Waals surface area contributed by atoms with Gasteiger partial charge in [0.2, 0.25) is 5.13 Å². The molecule has 1 aromatic heterocycles. The van der Waals surface area contributed by atoms with Gasteiger partial charge in [0.25, 0.3) is 5.78 Å². The number of benzene rings is 3. The highest BCUT2D eigenvalue weighted by Crippen LogP contribution is 2.44. The third-order valence-corrected chi connectivity index (χ3v) is 9.20. The molecule has 1 atom stereocenters. The van der Waals surface area contributed by atoms with Gasteiger partial charge in [0.15, 0.2) is 4.34 Å². The molecule has 4 aromatic rings. The molecule has 1 saturated heterocycles. The van der Waals surface area contributed by atoms with Gasteiger partial charge in [-0.1, -0.05) is 76.6 Å². The van der Waals surface area contributed by atoms with Crippen LogP contribution in [0.4, 0.5) is 9.52 Å². The van der Waals surface area contributed by atoms with Crippen molar-refractivity contribution in [3.05, 3.63) is 110 Å². The number of amides is 1. The van der Waals surface area contributed by atoms with Crippen molar-refractivity contribution in [2.75, 3.05) is 12.0 Å². The van der Waals surface area contributed by atoms with E-state index in [0.29, 0.717) is 31.3 Å². The SMILES string of the molecule is COC(=O)c1ccc([C@@H]2C(=C(O)c3ccc(C)c(F)c3)C(=O)C(=O)N2c2nnc(SCc3ccc(Cl)cc3Cl)s2)cc1. The Bertz CT molecular complexity index is 1760. The number of aromatic nitrogens is 2. The summed E-state index contributed by atoms with van der Waals surface area (Å²) in [6.07, 6.45) is 0. The van der Waals surface area contributed by atoms with E-state index in [1.54, 1.807) is 25.1 Å². The summed E-state index contributed by atoms with van der Waals surface area (Å²) in [5.41, 5.74) is 1.58. The summed E-state index contributed by atoms with van der Waals surface area (Å²) in [5, 5.41) is 20.7. The molecule has 0 aliphatic carbocycles. The highest BCUT2D eigenvalue weighted by atomic mass is 35.5. The van der Waals surface area contributed by atoms with E-state index in [2.05, 4.69) is 10.2 Å². The second kappa shape index (κ2) is 12.2. The van der Waals surface area contributed by atoms with Crippen LogP contribution in [0, 0.1) is 12.7 Å². The molecular formula is C29H20Cl2FN3O5S2. The summed E-state index contributed by atoms with van der Waals surface area (Å²) >= 11 is 14.7. The number of Topliss-reactive ketones (excluding diaryl/α,β-unsaturated/α-hetero) is 1. The molecule has 0 bridgehead atoms. The number of rotatable bonds is 7. The van der Waals surface area contributed by atoms with Crippen LogP contribution >= 0.6 is 46.3 Å². The number of nitrogens with zero attached hydrogens (tertiary/aromatic N) is 3. The molecule has 1 N–H and O–H groups in total. The fourth-order valence-corrected chi connectivity index (χ4v) is 6.72. The number of carbonyl (C=O) groups excluding carboxylic acids is 3. The van der Waals surface area contributed by atoms with Crippen molar-refractivity contribution < 1.29 is 28.6 Å². The number of aryl methyl sites for hydroxylation is 1. The van der Waals surface area contributed by atoms with Gasteiger partial charge >= 0.3 is 11.9 Å². The molecule has 0 saturated carbocycles. The topological polar surface area (TPSA) is 110 Å². The first-order valence-electron chi connectivity index (χ1n) is 12.2. The van der Waals surface area contributed by atoms with Crippen molar-refractivity contribution in [3.8, 4) is 0 Å². The highest BCUT2D eigenvalue weighted by Gasteiger charge is 2.48. The van der Waals surface area contributed by atoms with E-state index in [1.165, 1.54) is 55.3 Å². The van der Waals surface area contributed by atoms with E-state index in [1.807, 2.05) is 0 Å². The number of carbonyl (C=O) groups is 3. The van der Waals surface area contributed by atoms with E-state index >= 15 is 0 Å². The van der Waals surface area contributed by atoms with Crippen LogP contribution in [-0.4, -0.2) is 40.1 Å². The van der Waals surface area contributed by atoms with Crippen LogP contribution in [0.25, 0.3) is 5.76 Å². The number of anilines is 1. The molecule has 2 heterocycles. The third-order valence-electron chi connectivity index (χ3n) is 6.51. The van der Waals surface area contributed by atoms with Crippen LogP contribution in [-0.2, 0) is 20.1 Å². The van der Waals surface area contributed by atoms with Gasteiger partial charge in [-0.2, -0.15) is 0 Å². The van der Waals surface area contributed by atoms with E-state index in [-0.39, 0.29) is 21.8 Å². The fourth-order valence-electron chi connectivity index (χ4n) is 4.30. The Morgan fingerprint density at radius 1 is 1.07 bits per heavy atom. The Kier molecular flexibility index (Phi) is 8.65. The standard InChI is InChI=1S/C29H20Cl2FN3O5S2/c1-14-3-4-17(11-21(14)32)24(36)22-23(15-5-7-16(8-6-15)27(39)40-2)35(26(38)25(22)37)28-33-34-29(42-28)41-13-18-9-10-19(30)12-20(18)31/h3-12,23,36H,13H2,1-2H3/t23-/m1/s1. The monoisotopic (exact) mass is 643 g/mol. The van der Waals surface area contributed by atoms with Crippen molar-refractivity contribution in [1.29, 1.82) is 0 Å². The van der Waals surface area contributed by atoms with Crippen LogP contribution in [0.2, 0.25) is 10.0 Å². The van der Waals surface area contributed by atoms with Gasteiger partial charge in [-0.3, -0.25) is 14.5 Å². The maximum atomic E-state index is 14.4. The fraction of sp³-hybridized carbons (Fsp3) is 0.138. The van der Waals surface area contributed by atoms with Crippen molar-refractivity contribution >= 4 is 74.9 Å². The average molecular weight is 645 g/mol. The minimum absolute atomic E-state index is 0.0284. The van der Waals surface area contributed by atoms with E-state index in [4.69, 9.17) is 27.9 Å². The average Bonchev–Trinajstić information content (AvgIpc) is 3.55. The van der Waals surface area contributed by atoms with Crippen LogP contribution in [0.15, 0.2) is 70.6 Å². The minimum Gasteiger partial charge on any atom is -0.507 e. The maximum Gasteiger partial charge on any atom is 0.337 e. The summed E-state index contributed by atoms with van der Waals surface area (Å²) in [4.78, 5) is 40.0. The van der Waals surface area contributed by atoms with Crippen LogP contribution in [0.3, 0.4) is 0 Å². The van der Waals surface area contributed by atoms with Gasteiger partial charge in [0, 0.05) is 21.4 Å². The Balaban J connectivity index is 1.55. The molecule has 5 rings (SSSR count). The lowest BCUT2D eigenvalue weighted by Crippen LogP contribution is -2.29. The first-order valence-corrected chi connectivity index (χ1v) is 14.8. The molecule has 214 valence electrons. The Morgan fingerprint density at radius 2 is 1.79 bits per heavy atom. The summed E-state index contributed by atoms with van der Waals surface area (Å²) in [6.45, 7) is 1.56. The quantitative estimate of drug-likeness (QED) is 0.0572. The number of ether oxygens (including phenoxy) is 1. The molecule has 0 radical (unpaired) electrons. The number of ketones is 1. The molecule has 13 heteroatoms. The molecule has 3 aromatic carbocycles. The number of aliphatic hydroxyl groups excluding tert-OH is 1. The van der Waals surface area contributed by atoms with Gasteiger partial charge in [0.05, 0.1) is 24.3 Å². The zero-order valence-electron chi connectivity index (χ0n) is 21.9. The number of thioether (sulfide) groups is 1. The number of halogens is 3. The molecule has 0 unspecified atom stereocenters. The normalized spacial score (nSPS) is 16.2. The number of methoxy groups -OCH3 is 1. The smallest absolute Gasteiger partial charge is 0.337 e. The predicted molar refractivity (Wildman–Crippen MR) is 160 cm³/mol. The molecule has 1 fully saturated rings. The van der Waals surface area contributed by atoms with Crippen molar-refractivity contribution in [1.82, 2.24) is 10.2 Å². The van der Waals surface area contributed by atoms with Crippen molar-refractivity contribution in [2.45, 2.75) is 23.1 Å². The van der Waals surface area contributed by atoms with E-state index in [0.717, 1.165) is 27.9 Å². The molecule has 42 heavy (non-hydrogen) atoms. The lowest BCUT2D eigenvalue weighted by Gasteiger charge is -2.22. The first-order chi connectivity index (χ1) is 20.1. The van der Waals surface area contributed by atoms with Crippen molar-refractivity contribution in [2.24, 2.45) is 0 Å². The van der Waals surface area contributed by atoms with Crippen LogP contribution in [0.1, 0.15) is 38.7 Å². The second-order valence-corrected chi connectivity index (χ2v) is 12.1. The maximum absolute atomic E-state index is 14.4. The Hall–Kier alpha value is -3.77. The molecular weight excluding hydrogens is 624 g/mol. The zero-order valence-corrected chi connectivity index (χ0v) is 25.1. The molecule has 1 aliphatic rings. The summed E-state index contributed by atoms with van der Waals surface area (Å²) in [5.74, 6) is -3.18. The van der Waals surface area contributed by atoms with E-state index in [9.17, 15) is 23.9 Å². The Labute approximate surface area is 257 Å². The summed E-state index contributed by atoms with van der Waals surface area (Å²) in [7, 11) is 1.25. The molecule has 8 nitrogen and oxygen atoms in total. The number of aliphatic hydroxyl groups is 1. The third kappa shape index (κ3) is 5.78. The molecule has 1 amide bonds. The summed E-state index contributed by atoms with van der Waals surface area (Å²) in [6, 6.07) is 14.1. The number of esters is 1. The Morgan fingerprint density at radius 3 is 2.45 bits per heavy atom. The molecule has 0 spiro atoms. The number of hydrogen-bond donors (Lipinski definition) is 1. The van der Waals surface area contributed by atoms with Crippen molar-refractivity contribution in [3.63, 3.8) is 0 Å². The highest BCUT2D eigenvalue weighted by molar-refractivity contribution is 8.00. The second-order valence-electron chi connectivity index (χ2n) is 9.12. The van der Waals surface area contributed by atoms with Gasteiger partial charge in [-0.25, -0.2) is 9.18 Å². The number of hydrogen-bond acceptors (Lipinski definition) is 9. The first kappa shape index (κ1) is 29.7. The minimum atomic E-state index is -1.14. The van der Waals surface area contributed by atoms with Gasteiger partial charge in [-0.05, 0) is 53.9 Å². The van der Waals surface area contributed by atoms with E-state index < -0.39 is 35.3 Å².